The number of aromatic amines is 1. The Balaban J connectivity index is 1.72. The molecule has 4 nitrogen and oxygen atoms in total. The average Bonchev–Trinajstić information content (AvgIpc) is 2.95. The highest BCUT2D eigenvalue weighted by Crippen LogP contribution is 2.16. The Morgan fingerprint density at radius 1 is 1.05 bits per heavy atom. The zero-order valence-corrected chi connectivity index (χ0v) is 12.1. The molecule has 0 saturated carbocycles. The number of nitrogens with two attached hydrogens (primary N) is 1. The summed E-state index contributed by atoms with van der Waals surface area (Å²) in [7, 11) is 1.68. The van der Waals surface area contributed by atoms with E-state index in [-0.39, 0.29) is 0 Å². The first-order valence-corrected chi connectivity index (χ1v) is 7.09. The Kier molecular flexibility index (Phi) is 3.88. The number of fused-ring (bicyclic) bond motifs is 1. The van der Waals surface area contributed by atoms with Gasteiger partial charge in [0.15, 0.2) is 0 Å². The van der Waals surface area contributed by atoms with Gasteiger partial charge >= 0.3 is 0 Å². The minimum absolute atomic E-state index is 0.552. The molecule has 4 heteroatoms. The monoisotopic (exact) mass is 281 g/mol. The van der Waals surface area contributed by atoms with Gasteiger partial charge in [0.05, 0.1) is 18.1 Å². The highest BCUT2D eigenvalue weighted by atomic mass is 16.5. The maximum atomic E-state index is 5.66. The van der Waals surface area contributed by atoms with Crippen LogP contribution in [0.25, 0.3) is 11.0 Å². The van der Waals surface area contributed by atoms with E-state index in [1.807, 2.05) is 24.3 Å². The lowest BCUT2D eigenvalue weighted by atomic mass is 10.1. The van der Waals surface area contributed by atoms with Crippen molar-refractivity contribution in [3.05, 3.63) is 59.4 Å². The average molecular weight is 281 g/mol. The summed E-state index contributed by atoms with van der Waals surface area (Å²) < 4.78 is 5.16. The van der Waals surface area contributed by atoms with Crippen LogP contribution in [0.1, 0.15) is 17.0 Å². The highest BCUT2D eigenvalue weighted by Gasteiger charge is 2.04. The normalized spacial score (nSPS) is 11.0. The first-order valence-electron chi connectivity index (χ1n) is 7.09. The van der Waals surface area contributed by atoms with E-state index in [2.05, 4.69) is 28.2 Å². The first kappa shape index (κ1) is 13.6. The molecule has 0 spiro atoms. The summed E-state index contributed by atoms with van der Waals surface area (Å²) in [6.07, 6.45) is 1.84. The van der Waals surface area contributed by atoms with Gasteiger partial charge in [-0.2, -0.15) is 0 Å². The van der Waals surface area contributed by atoms with Crippen LogP contribution in [0.4, 0.5) is 0 Å². The number of hydrogen-bond acceptors (Lipinski definition) is 3. The zero-order chi connectivity index (χ0) is 14.7. The fraction of sp³-hybridized carbons (Fsp3) is 0.235. The lowest BCUT2D eigenvalue weighted by Gasteiger charge is -2.02. The van der Waals surface area contributed by atoms with Crippen molar-refractivity contribution >= 4 is 11.0 Å². The molecule has 0 fully saturated rings. The number of aryl methyl sites for hydroxylation is 2. The number of benzene rings is 2. The molecule has 3 rings (SSSR count). The summed E-state index contributed by atoms with van der Waals surface area (Å²) in [6.45, 7) is 0.552. The summed E-state index contributed by atoms with van der Waals surface area (Å²) in [4.78, 5) is 7.99. The van der Waals surface area contributed by atoms with E-state index < -0.39 is 0 Å². The van der Waals surface area contributed by atoms with Crippen molar-refractivity contribution in [2.75, 3.05) is 7.11 Å². The largest absolute Gasteiger partial charge is 0.497 e. The van der Waals surface area contributed by atoms with Gasteiger partial charge in [0.1, 0.15) is 11.6 Å². The van der Waals surface area contributed by atoms with Crippen molar-refractivity contribution in [3.63, 3.8) is 0 Å². The lowest BCUT2D eigenvalue weighted by molar-refractivity contribution is 0.414. The van der Waals surface area contributed by atoms with Crippen LogP contribution in [0.15, 0.2) is 42.5 Å². The van der Waals surface area contributed by atoms with Gasteiger partial charge < -0.3 is 15.5 Å². The van der Waals surface area contributed by atoms with Crippen molar-refractivity contribution in [3.8, 4) is 5.75 Å². The van der Waals surface area contributed by atoms with Crippen LogP contribution in [0.3, 0.4) is 0 Å². The number of rotatable bonds is 5. The van der Waals surface area contributed by atoms with E-state index in [1.165, 1.54) is 5.56 Å². The number of aromatic nitrogens is 2. The second-order valence-corrected chi connectivity index (χ2v) is 5.09. The van der Waals surface area contributed by atoms with Gasteiger partial charge in [0.2, 0.25) is 0 Å². The predicted octanol–water partition coefficient (Wildman–Crippen LogP) is 2.82. The van der Waals surface area contributed by atoms with Crippen molar-refractivity contribution < 1.29 is 4.74 Å². The van der Waals surface area contributed by atoms with Crippen LogP contribution in [-0.4, -0.2) is 17.1 Å². The van der Waals surface area contributed by atoms with Crippen molar-refractivity contribution in [2.24, 2.45) is 5.73 Å². The van der Waals surface area contributed by atoms with E-state index in [1.54, 1.807) is 7.11 Å². The molecule has 0 radical (unpaired) electrons. The van der Waals surface area contributed by atoms with Gasteiger partial charge in [-0.3, -0.25) is 0 Å². The molecule has 0 bridgehead atoms. The maximum absolute atomic E-state index is 5.66. The van der Waals surface area contributed by atoms with Crippen molar-refractivity contribution in [2.45, 2.75) is 19.4 Å². The molecular weight excluding hydrogens is 262 g/mol. The van der Waals surface area contributed by atoms with Crippen molar-refractivity contribution in [1.82, 2.24) is 9.97 Å². The molecule has 0 aliphatic heterocycles. The van der Waals surface area contributed by atoms with Crippen LogP contribution in [0.5, 0.6) is 5.75 Å². The van der Waals surface area contributed by atoms with Gasteiger partial charge in [-0.15, -0.1) is 0 Å². The number of nitrogens with one attached hydrogen (secondary N) is 1. The summed E-state index contributed by atoms with van der Waals surface area (Å²) in [6, 6.07) is 14.3. The van der Waals surface area contributed by atoms with Gasteiger partial charge in [-0.25, -0.2) is 4.98 Å². The Bertz CT molecular complexity index is 731. The molecule has 0 atom stereocenters. The minimum atomic E-state index is 0.552. The molecule has 0 saturated heterocycles. The SMILES string of the molecule is COc1ccc(CCc2nc3ccc(CN)cc3[nH]2)cc1. The standard InChI is InChI=1S/C17H19N3O/c1-21-14-6-2-12(3-7-14)5-9-17-19-15-8-4-13(11-18)10-16(15)20-17/h2-4,6-8,10H,5,9,11,18H2,1H3,(H,19,20). The van der Waals surface area contributed by atoms with Gasteiger partial charge in [0.25, 0.3) is 0 Å². The van der Waals surface area contributed by atoms with Crippen LogP contribution >= 0.6 is 0 Å². The highest BCUT2D eigenvalue weighted by molar-refractivity contribution is 5.75. The van der Waals surface area contributed by atoms with E-state index in [9.17, 15) is 0 Å². The topological polar surface area (TPSA) is 63.9 Å². The summed E-state index contributed by atoms with van der Waals surface area (Å²) in [5, 5.41) is 0. The summed E-state index contributed by atoms with van der Waals surface area (Å²) in [5.41, 5.74) is 10.1. The zero-order valence-electron chi connectivity index (χ0n) is 12.1. The lowest BCUT2D eigenvalue weighted by Crippen LogP contribution is -1.95. The van der Waals surface area contributed by atoms with E-state index >= 15 is 0 Å². The Morgan fingerprint density at radius 3 is 2.52 bits per heavy atom. The molecule has 0 aliphatic carbocycles. The maximum Gasteiger partial charge on any atom is 0.118 e. The van der Waals surface area contributed by atoms with Gasteiger partial charge in [0, 0.05) is 13.0 Å². The molecule has 3 N–H and O–H groups in total. The van der Waals surface area contributed by atoms with Crippen LogP contribution in [0.2, 0.25) is 0 Å². The molecule has 21 heavy (non-hydrogen) atoms. The smallest absolute Gasteiger partial charge is 0.118 e. The molecule has 0 unspecified atom stereocenters. The number of nitrogens with zero attached hydrogens (tertiary/aromatic N) is 1. The molecule has 0 amide bonds. The van der Waals surface area contributed by atoms with E-state index in [4.69, 9.17) is 10.5 Å². The fourth-order valence-electron chi connectivity index (χ4n) is 2.41. The first-order chi connectivity index (χ1) is 10.3. The quantitative estimate of drug-likeness (QED) is 0.756. The molecule has 3 aromatic rings. The van der Waals surface area contributed by atoms with Gasteiger partial charge in [-0.1, -0.05) is 18.2 Å². The molecule has 108 valence electrons. The van der Waals surface area contributed by atoms with Gasteiger partial charge in [-0.05, 0) is 41.8 Å². The third-order valence-corrected chi connectivity index (χ3v) is 3.64. The molecule has 1 heterocycles. The van der Waals surface area contributed by atoms with E-state index in [0.29, 0.717) is 6.54 Å². The summed E-state index contributed by atoms with van der Waals surface area (Å²) in [5.74, 6) is 1.90. The molecule has 1 aromatic heterocycles. The second kappa shape index (κ2) is 5.97. The third kappa shape index (κ3) is 3.06. The minimum Gasteiger partial charge on any atom is -0.497 e. The van der Waals surface area contributed by atoms with Crippen molar-refractivity contribution in [1.29, 1.82) is 0 Å². The van der Waals surface area contributed by atoms with Crippen LogP contribution < -0.4 is 10.5 Å². The number of methoxy groups -OCH3 is 1. The molecule has 2 aromatic carbocycles. The van der Waals surface area contributed by atoms with E-state index in [0.717, 1.165) is 41.0 Å². The molecule has 0 aliphatic rings. The molecular formula is C17H19N3O. The summed E-state index contributed by atoms with van der Waals surface area (Å²) >= 11 is 0. The Hall–Kier alpha value is -2.33. The second-order valence-electron chi connectivity index (χ2n) is 5.09. The fourth-order valence-corrected chi connectivity index (χ4v) is 2.41. The Labute approximate surface area is 124 Å². The Morgan fingerprint density at radius 2 is 1.81 bits per heavy atom. The number of hydrogen-bond donors (Lipinski definition) is 2. The number of imidazole rings is 1. The number of H-pyrrole nitrogens is 1. The van der Waals surface area contributed by atoms with Crippen LogP contribution in [-0.2, 0) is 19.4 Å². The number of ether oxygens (including phenoxy) is 1. The predicted molar refractivity (Wildman–Crippen MR) is 84.4 cm³/mol. The third-order valence-electron chi connectivity index (χ3n) is 3.64. The van der Waals surface area contributed by atoms with Crippen LogP contribution in [0, 0.1) is 0 Å².